The second-order valence-electron chi connectivity index (χ2n) is 7.05. The first-order valence-corrected chi connectivity index (χ1v) is 8.75. The average Bonchev–Trinajstić information content (AvgIpc) is 2.99. The number of rotatable bonds is 2. The fourth-order valence-corrected chi connectivity index (χ4v) is 4.92. The molecule has 1 heterocycles. The lowest BCUT2D eigenvalue weighted by Crippen LogP contribution is -2.51. The normalized spacial score (nSPS) is 35.5. The van der Waals surface area contributed by atoms with Crippen molar-refractivity contribution in [1.29, 1.82) is 0 Å². The van der Waals surface area contributed by atoms with Gasteiger partial charge in [-0.15, -0.1) is 0 Å². The van der Waals surface area contributed by atoms with E-state index >= 15 is 0 Å². The van der Waals surface area contributed by atoms with Crippen LogP contribution in [0.3, 0.4) is 0 Å². The molecule has 1 aliphatic heterocycles. The standard InChI is InChI=1S/C19H25N3O/c1-3-23-16-10-6-7-11-18(16)12-14-8-4-5-9-15(14)19(18)21-13(2)17(20)22-19/h4-5,8-9,16H,3,6-7,10-12H2,1-2H3,(H2,20,22). The molecule has 1 aromatic carbocycles. The molecule has 0 amide bonds. The van der Waals surface area contributed by atoms with Crippen LogP contribution in [0.4, 0.5) is 0 Å². The van der Waals surface area contributed by atoms with Gasteiger partial charge in [0.25, 0.3) is 0 Å². The number of benzene rings is 1. The van der Waals surface area contributed by atoms with Crippen LogP contribution in [0.5, 0.6) is 0 Å². The van der Waals surface area contributed by atoms with Crippen LogP contribution in [-0.4, -0.2) is 24.3 Å². The zero-order valence-electron chi connectivity index (χ0n) is 14.0. The lowest BCUT2D eigenvalue weighted by molar-refractivity contribution is -0.0941. The summed E-state index contributed by atoms with van der Waals surface area (Å²) in [4.78, 5) is 10.0. The van der Waals surface area contributed by atoms with Crippen molar-refractivity contribution in [1.82, 2.24) is 0 Å². The van der Waals surface area contributed by atoms with Crippen molar-refractivity contribution in [3.8, 4) is 0 Å². The van der Waals surface area contributed by atoms with Gasteiger partial charge < -0.3 is 10.5 Å². The monoisotopic (exact) mass is 311 g/mol. The van der Waals surface area contributed by atoms with Crippen LogP contribution >= 0.6 is 0 Å². The van der Waals surface area contributed by atoms with Crippen LogP contribution < -0.4 is 5.73 Å². The van der Waals surface area contributed by atoms with Gasteiger partial charge in [-0.1, -0.05) is 37.1 Å². The Kier molecular flexibility index (Phi) is 3.34. The summed E-state index contributed by atoms with van der Waals surface area (Å²) in [6.07, 6.45) is 5.80. The third-order valence-corrected chi connectivity index (χ3v) is 5.90. The van der Waals surface area contributed by atoms with Crippen molar-refractivity contribution in [2.24, 2.45) is 21.1 Å². The number of ether oxygens (including phenoxy) is 1. The smallest absolute Gasteiger partial charge is 0.187 e. The SMILES string of the molecule is CCOC1CCCCC12Cc1ccccc1C21N=C(C)C(N)=N1. The summed E-state index contributed by atoms with van der Waals surface area (Å²) in [5, 5.41) is 0. The number of nitrogens with zero attached hydrogens (tertiary/aromatic N) is 2. The van der Waals surface area contributed by atoms with Gasteiger partial charge in [-0.05, 0) is 38.7 Å². The maximum absolute atomic E-state index is 6.23. The Morgan fingerprint density at radius 1 is 1.26 bits per heavy atom. The number of amidine groups is 1. The minimum atomic E-state index is -0.571. The lowest BCUT2D eigenvalue weighted by atomic mass is 9.64. The molecule has 2 N–H and O–H groups in total. The highest BCUT2D eigenvalue weighted by molar-refractivity contribution is 6.41. The van der Waals surface area contributed by atoms with E-state index in [1.807, 2.05) is 6.92 Å². The molecule has 3 aliphatic rings. The van der Waals surface area contributed by atoms with Gasteiger partial charge in [0, 0.05) is 12.2 Å². The van der Waals surface area contributed by atoms with E-state index < -0.39 is 5.66 Å². The van der Waals surface area contributed by atoms with E-state index in [2.05, 4.69) is 31.2 Å². The molecule has 1 fully saturated rings. The number of nitrogens with two attached hydrogens (primary N) is 1. The Bertz CT molecular complexity index is 674. The highest BCUT2D eigenvalue weighted by Gasteiger charge is 2.64. The summed E-state index contributed by atoms with van der Waals surface area (Å²) in [7, 11) is 0. The molecular formula is C19H25N3O. The van der Waals surface area contributed by atoms with Gasteiger partial charge in [0.1, 0.15) is 5.84 Å². The summed E-state index contributed by atoms with van der Waals surface area (Å²) >= 11 is 0. The van der Waals surface area contributed by atoms with Crippen LogP contribution in [0, 0.1) is 5.41 Å². The van der Waals surface area contributed by atoms with Crippen LogP contribution in [0.2, 0.25) is 0 Å². The Morgan fingerprint density at radius 3 is 2.83 bits per heavy atom. The maximum atomic E-state index is 6.23. The van der Waals surface area contributed by atoms with Gasteiger partial charge in [-0.3, -0.25) is 4.99 Å². The Labute approximate surface area is 137 Å². The summed E-state index contributed by atoms with van der Waals surface area (Å²) in [6, 6.07) is 8.61. The summed E-state index contributed by atoms with van der Waals surface area (Å²) in [6.45, 7) is 4.79. The fraction of sp³-hybridized carbons (Fsp3) is 0.579. The largest absolute Gasteiger partial charge is 0.382 e. The molecule has 1 saturated carbocycles. The molecule has 122 valence electrons. The quantitative estimate of drug-likeness (QED) is 0.912. The van der Waals surface area contributed by atoms with Crippen LogP contribution in [0.25, 0.3) is 0 Å². The predicted molar refractivity (Wildman–Crippen MR) is 92.9 cm³/mol. The van der Waals surface area contributed by atoms with Crippen molar-refractivity contribution < 1.29 is 4.74 Å². The molecule has 3 unspecified atom stereocenters. The van der Waals surface area contributed by atoms with E-state index in [0.29, 0.717) is 5.84 Å². The average molecular weight is 311 g/mol. The topological polar surface area (TPSA) is 60.0 Å². The second kappa shape index (κ2) is 5.17. The van der Waals surface area contributed by atoms with E-state index in [9.17, 15) is 0 Å². The third kappa shape index (κ3) is 1.87. The molecule has 0 radical (unpaired) electrons. The first-order valence-electron chi connectivity index (χ1n) is 8.75. The Morgan fingerprint density at radius 2 is 2.09 bits per heavy atom. The van der Waals surface area contributed by atoms with Crippen molar-refractivity contribution in [2.45, 2.75) is 57.7 Å². The van der Waals surface area contributed by atoms with Crippen LogP contribution in [-0.2, 0) is 16.8 Å². The van der Waals surface area contributed by atoms with Crippen molar-refractivity contribution in [2.75, 3.05) is 6.61 Å². The molecule has 0 bridgehead atoms. The Balaban J connectivity index is 1.94. The second-order valence-corrected chi connectivity index (χ2v) is 7.05. The molecule has 4 nitrogen and oxygen atoms in total. The number of hydrogen-bond acceptors (Lipinski definition) is 4. The zero-order chi connectivity index (χ0) is 16.1. The van der Waals surface area contributed by atoms with E-state index in [0.717, 1.165) is 31.6 Å². The van der Waals surface area contributed by atoms with Gasteiger partial charge >= 0.3 is 0 Å². The fourth-order valence-electron chi connectivity index (χ4n) is 4.92. The number of hydrogen-bond donors (Lipinski definition) is 1. The van der Waals surface area contributed by atoms with E-state index in [-0.39, 0.29) is 11.5 Å². The molecule has 1 aromatic rings. The maximum Gasteiger partial charge on any atom is 0.187 e. The molecular weight excluding hydrogens is 286 g/mol. The molecule has 4 heteroatoms. The zero-order valence-corrected chi connectivity index (χ0v) is 14.0. The van der Waals surface area contributed by atoms with Gasteiger partial charge in [-0.25, -0.2) is 4.99 Å². The highest BCUT2D eigenvalue weighted by Crippen LogP contribution is 2.62. The molecule has 3 atom stereocenters. The van der Waals surface area contributed by atoms with E-state index in [1.54, 1.807) is 0 Å². The minimum Gasteiger partial charge on any atom is -0.382 e. The van der Waals surface area contributed by atoms with E-state index in [4.69, 9.17) is 20.5 Å². The number of fused-ring (bicyclic) bond motifs is 3. The van der Waals surface area contributed by atoms with Crippen LogP contribution in [0.15, 0.2) is 34.3 Å². The molecule has 2 spiro atoms. The minimum absolute atomic E-state index is 0.0900. The van der Waals surface area contributed by atoms with Gasteiger partial charge in [0.15, 0.2) is 5.66 Å². The lowest BCUT2D eigenvalue weighted by Gasteiger charge is -2.48. The summed E-state index contributed by atoms with van der Waals surface area (Å²) < 4.78 is 6.23. The van der Waals surface area contributed by atoms with Crippen molar-refractivity contribution in [3.05, 3.63) is 35.4 Å². The number of aliphatic imine (C=N–C) groups is 2. The molecule has 2 aliphatic carbocycles. The Hall–Kier alpha value is -1.68. The van der Waals surface area contributed by atoms with Crippen molar-refractivity contribution in [3.63, 3.8) is 0 Å². The predicted octanol–water partition coefficient (Wildman–Crippen LogP) is 3.19. The van der Waals surface area contributed by atoms with Crippen molar-refractivity contribution >= 4 is 11.5 Å². The molecule has 0 saturated heterocycles. The molecule has 4 rings (SSSR count). The van der Waals surface area contributed by atoms with Gasteiger partial charge in [0.05, 0.1) is 17.2 Å². The van der Waals surface area contributed by atoms with Crippen LogP contribution in [0.1, 0.15) is 50.7 Å². The van der Waals surface area contributed by atoms with E-state index in [1.165, 1.54) is 24.0 Å². The van der Waals surface area contributed by atoms with Gasteiger partial charge in [-0.2, -0.15) is 0 Å². The first kappa shape index (κ1) is 14.9. The first-order chi connectivity index (χ1) is 11.1. The molecule has 23 heavy (non-hydrogen) atoms. The molecule has 0 aromatic heterocycles. The highest BCUT2D eigenvalue weighted by atomic mass is 16.5. The van der Waals surface area contributed by atoms with Gasteiger partial charge in [0.2, 0.25) is 0 Å². The summed E-state index contributed by atoms with van der Waals surface area (Å²) in [5.74, 6) is 0.585. The third-order valence-electron chi connectivity index (χ3n) is 5.90. The summed E-state index contributed by atoms with van der Waals surface area (Å²) in [5.41, 5.74) is 8.96.